The van der Waals surface area contributed by atoms with Crippen molar-refractivity contribution in [1.29, 1.82) is 0 Å². The molecule has 15 heavy (non-hydrogen) atoms. The van der Waals surface area contributed by atoms with Crippen molar-refractivity contribution in [3.05, 3.63) is 41.4 Å². The van der Waals surface area contributed by atoms with E-state index in [9.17, 15) is 0 Å². The molecule has 1 aromatic carbocycles. The van der Waals surface area contributed by atoms with E-state index in [1.807, 2.05) is 11.6 Å². The highest BCUT2D eigenvalue weighted by molar-refractivity contribution is 7.13. The lowest BCUT2D eigenvalue weighted by Gasteiger charge is -2.18. The fourth-order valence-corrected chi connectivity index (χ4v) is 2.12. The molecule has 0 amide bonds. The average molecular weight is 217 g/mol. The van der Waals surface area contributed by atoms with E-state index < -0.39 is 0 Å². The van der Waals surface area contributed by atoms with Gasteiger partial charge in [-0.05, 0) is 11.0 Å². The summed E-state index contributed by atoms with van der Waals surface area (Å²) in [5, 5.41) is 3.10. The second-order valence-electron chi connectivity index (χ2n) is 4.66. The highest BCUT2D eigenvalue weighted by Gasteiger charge is 2.13. The van der Waals surface area contributed by atoms with Crippen LogP contribution in [0.3, 0.4) is 0 Å². The van der Waals surface area contributed by atoms with Gasteiger partial charge >= 0.3 is 0 Å². The van der Waals surface area contributed by atoms with Crippen molar-refractivity contribution in [3.63, 3.8) is 0 Å². The van der Waals surface area contributed by atoms with Crippen molar-refractivity contribution in [3.8, 4) is 10.6 Å². The van der Waals surface area contributed by atoms with E-state index in [1.165, 1.54) is 11.1 Å². The summed E-state index contributed by atoms with van der Waals surface area (Å²) >= 11 is 1.68. The zero-order valence-electron chi connectivity index (χ0n) is 9.32. The second-order valence-corrected chi connectivity index (χ2v) is 5.56. The zero-order chi connectivity index (χ0) is 10.9. The average Bonchev–Trinajstić information content (AvgIpc) is 2.69. The van der Waals surface area contributed by atoms with Crippen LogP contribution >= 0.6 is 11.3 Å². The summed E-state index contributed by atoms with van der Waals surface area (Å²) in [7, 11) is 0. The fourth-order valence-electron chi connectivity index (χ4n) is 1.48. The minimum atomic E-state index is 0.224. The number of rotatable bonds is 1. The molecule has 0 saturated heterocycles. The molecule has 0 N–H and O–H groups in total. The molecule has 2 aromatic rings. The lowest BCUT2D eigenvalue weighted by atomic mass is 9.87. The van der Waals surface area contributed by atoms with Gasteiger partial charge in [-0.1, -0.05) is 45.0 Å². The Hall–Kier alpha value is -1.15. The fraction of sp³-hybridized carbons (Fsp3) is 0.308. The van der Waals surface area contributed by atoms with Gasteiger partial charge in [0.2, 0.25) is 0 Å². The number of hydrogen-bond acceptors (Lipinski definition) is 2. The summed E-state index contributed by atoms with van der Waals surface area (Å²) < 4.78 is 0. The SMILES string of the molecule is CC(C)(C)c1ccc(-c2nccs2)cc1. The van der Waals surface area contributed by atoms with Gasteiger partial charge in [0, 0.05) is 17.1 Å². The van der Waals surface area contributed by atoms with Gasteiger partial charge in [-0.25, -0.2) is 4.98 Å². The second kappa shape index (κ2) is 3.78. The van der Waals surface area contributed by atoms with E-state index >= 15 is 0 Å². The highest BCUT2D eigenvalue weighted by Crippen LogP contribution is 2.26. The van der Waals surface area contributed by atoms with Gasteiger partial charge in [0.1, 0.15) is 5.01 Å². The lowest BCUT2D eigenvalue weighted by molar-refractivity contribution is 0.590. The van der Waals surface area contributed by atoms with Gasteiger partial charge in [0.25, 0.3) is 0 Å². The standard InChI is InChI=1S/C13H15NS/c1-13(2,3)11-6-4-10(5-7-11)12-14-8-9-15-12/h4-9H,1-3H3. The van der Waals surface area contributed by atoms with Crippen molar-refractivity contribution < 1.29 is 0 Å². The van der Waals surface area contributed by atoms with E-state index in [4.69, 9.17) is 0 Å². The monoisotopic (exact) mass is 217 g/mol. The molecule has 1 aromatic heterocycles. The molecule has 0 atom stereocenters. The number of hydrogen-bond donors (Lipinski definition) is 0. The Morgan fingerprint density at radius 2 is 1.73 bits per heavy atom. The molecule has 1 nitrogen and oxygen atoms in total. The van der Waals surface area contributed by atoms with Gasteiger partial charge in [-0.3, -0.25) is 0 Å². The minimum absolute atomic E-state index is 0.224. The lowest BCUT2D eigenvalue weighted by Crippen LogP contribution is -2.10. The molecule has 2 rings (SSSR count). The predicted molar refractivity (Wildman–Crippen MR) is 66.3 cm³/mol. The summed E-state index contributed by atoms with van der Waals surface area (Å²) in [6.07, 6.45) is 1.84. The normalized spacial score (nSPS) is 11.7. The first-order valence-electron chi connectivity index (χ1n) is 5.08. The van der Waals surface area contributed by atoms with Gasteiger partial charge in [-0.2, -0.15) is 0 Å². The van der Waals surface area contributed by atoms with Gasteiger partial charge < -0.3 is 0 Å². The van der Waals surface area contributed by atoms with Gasteiger partial charge in [0.15, 0.2) is 0 Å². The van der Waals surface area contributed by atoms with E-state index in [0.29, 0.717) is 0 Å². The number of thiazole rings is 1. The van der Waals surface area contributed by atoms with Crippen LogP contribution in [0.5, 0.6) is 0 Å². The molecular weight excluding hydrogens is 202 g/mol. The van der Waals surface area contributed by atoms with Crippen LogP contribution in [0.25, 0.3) is 10.6 Å². The van der Waals surface area contributed by atoms with E-state index in [2.05, 4.69) is 50.0 Å². The summed E-state index contributed by atoms with van der Waals surface area (Å²) in [6, 6.07) is 8.69. The van der Waals surface area contributed by atoms with Crippen LogP contribution in [0.1, 0.15) is 26.3 Å². The predicted octanol–water partition coefficient (Wildman–Crippen LogP) is 4.11. The Kier molecular flexibility index (Phi) is 2.61. The first-order chi connectivity index (χ1) is 7.07. The first kappa shape index (κ1) is 10.4. The van der Waals surface area contributed by atoms with Crippen LogP contribution in [0, 0.1) is 0 Å². The molecule has 0 unspecified atom stereocenters. The van der Waals surface area contributed by atoms with Crippen molar-refractivity contribution >= 4 is 11.3 Å². The molecular formula is C13H15NS. The zero-order valence-corrected chi connectivity index (χ0v) is 10.1. The summed E-state index contributed by atoms with van der Waals surface area (Å²) in [4.78, 5) is 4.30. The number of benzene rings is 1. The van der Waals surface area contributed by atoms with Crippen LogP contribution < -0.4 is 0 Å². The molecule has 78 valence electrons. The van der Waals surface area contributed by atoms with Crippen molar-refractivity contribution in [2.45, 2.75) is 26.2 Å². The summed E-state index contributed by atoms with van der Waals surface area (Å²) in [5.74, 6) is 0. The Labute approximate surface area is 94.8 Å². The van der Waals surface area contributed by atoms with Crippen LogP contribution in [-0.4, -0.2) is 4.98 Å². The third-order valence-corrected chi connectivity index (χ3v) is 3.25. The van der Waals surface area contributed by atoms with Crippen LogP contribution in [0.2, 0.25) is 0 Å². The van der Waals surface area contributed by atoms with E-state index in [-0.39, 0.29) is 5.41 Å². The molecule has 0 bridgehead atoms. The van der Waals surface area contributed by atoms with Crippen molar-refractivity contribution in [1.82, 2.24) is 4.98 Å². The molecule has 0 fully saturated rings. The van der Waals surface area contributed by atoms with Gasteiger partial charge in [0.05, 0.1) is 0 Å². The Morgan fingerprint density at radius 3 is 2.20 bits per heavy atom. The molecule has 0 saturated carbocycles. The third-order valence-electron chi connectivity index (χ3n) is 2.43. The maximum atomic E-state index is 4.30. The smallest absolute Gasteiger partial charge is 0.123 e. The first-order valence-corrected chi connectivity index (χ1v) is 5.96. The highest BCUT2D eigenvalue weighted by atomic mass is 32.1. The van der Waals surface area contributed by atoms with E-state index in [1.54, 1.807) is 11.3 Å². The number of nitrogens with zero attached hydrogens (tertiary/aromatic N) is 1. The van der Waals surface area contributed by atoms with E-state index in [0.717, 1.165) is 5.01 Å². The molecule has 0 aliphatic heterocycles. The minimum Gasteiger partial charge on any atom is -0.245 e. The maximum Gasteiger partial charge on any atom is 0.123 e. The summed E-state index contributed by atoms with van der Waals surface area (Å²) in [5.41, 5.74) is 2.79. The number of aromatic nitrogens is 1. The summed E-state index contributed by atoms with van der Waals surface area (Å²) in [6.45, 7) is 6.68. The van der Waals surface area contributed by atoms with Crippen LogP contribution in [-0.2, 0) is 5.41 Å². The van der Waals surface area contributed by atoms with Gasteiger partial charge in [-0.15, -0.1) is 11.3 Å². The van der Waals surface area contributed by atoms with Crippen LogP contribution in [0.15, 0.2) is 35.8 Å². The Balaban J connectivity index is 2.33. The largest absolute Gasteiger partial charge is 0.245 e. The van der Waals surface area contributed by atoms with Crippen molar-refractivity contribution in [2.24, 2.45) is 0 Å². The molecule has 0 spiro atoms. The van der Waals surface area contributed by atoms with Crippen LogP contribution in [0.4, 0.5) is 0 Å². The van der Waals surface area contributed by atoms with Crippen molar-refractivity contribution in [2.75, 3.05) is 0 Å². The molecule has 0 radical (unpaired) electrons. The molecule has 1 heterocycles. The molecule has 2 heteroatoms. The quantitative estimate of drug-likeness (QED) is 0.700. The molecule has 0 aliphatic rings. The third kappa shape index (κ3) is 2.26. The topological polar surface area (TPSA) is 12.9 Å². The molecule has 0 aliphatic carbocycles. The Bertz CT molecular complexity index is 421. The maximum absolute atomic E-state index is 4.30. The Morgan fingerprint density at radius 1 is 1.07 bits per heavy atom.